The molecule has 1 nitrogen and oxygen atoms in total. The van der Waals surface area contributed by atoms with Crippen molar-refractivity contribution in [1.82, 2.24) is 0 Å². The van der Waals surface area contributed by atoms with E-state index in [2.05, 4.69) is 60.1 Å². The van der Waals surface area contributed by atoms with E-state index in [1.807, 2.05) is 6.07 Å². The Balaban J connectivity index is 2.36. The van der Waals surface area contributed by atoms with E-state index in [1.54, 1.807) is 7.11 Å². The molecule has 0 aliphatic carbocycles. The first-order chi connectivity index (χ1) is 9.19. The second-order valence-electron chi connectivity index (χ2n) is 4.95. The molecule has 19 heavy (non-hydrogen) atoms. The fourth-order valence-electron chi connectivity index (χ4n) is 2.52. The SMILES string of the molecule is CCC(CC)C(Br)c1ccc2cc(OC)ccc2c1. The highest BCUT2D eigenvalue weighted by Gasteiger charge is 2.17. The number of alkyl halides is 1. The number of rotatable bonds is 5. The molecule has 0 radical (unpaired) electrons. The molecule has 1 unspecified atom stereocenters. The van der Waals surface area contributed by atoms with E-state index in [4.69, 9.17) is 4.74 Å². The summed E-state index contributed by atoms with van der Waals surface area (Å²) in [7, 11) is 1.71. The summed E-state index contributed by atoms with van der Waals surface area (Å²) in [5.41, 5.74) is 1.37. The van der Waals surface area contributed by atoms with Gasteiger partial charge in [-0.25, -0.2) is 0 Å². The quantitative estimate of drug-likeness (QED) is 0.640. The molecule has 0 saturated carbocycles. The van der Waals surface area contributed by atoms with Gasteiger partial charge in [0.1, 0.15) is 5.75 Å². The molecular weight excluding hydrogens is 300 g/mol. The van der Waals surface area contributed by atoms with E-state index in [9.17, 15) is 0 Å². The normalized spacial score (nSPS) is 12.9. The van der Waals surface area contributed by atoms with Crippen molar-refractivity contribution < 1.29 is 4.74 Å². The highest BCUT2D eigenvalue weighted by Crippen LogP contribution is 2.36. The van der Waals surface area contributed by atoms with Crippen molar-refractivity contribution in [2.45, 2.75) is 31.5 Å². The van der Waals surface area contributed by atoms with Crippen LogP contribution in [-0.2, 0) is 0 Å². The lowest BCUT2D eigenvalue weighted by molar-refractivity contribution is 0.415. The van der Waals surface area contributed by atoms with Crippen LogP contribution in [0.5, 0.6) is 5.75 Å². The zero-order valence-electron chi connectivity index (χ0n) is 11.8. The van der Waals surface area contributed by atoms with E-state index in [0.717, 1.165) is 5.75 Å². The maximum absolute atomic E-state index is 5.26. The molecule has 0 saturated heterocycles. The van der Waals surface area contributed by atoms with Crippen LogP contribution in [-0.4, -0.2) is 7.11 Å². The fourth-order valence-corrected chi connectivity index (χ4v) is 3.55. The molecule has 0 aromatic heterocycles. The first-order valence-corrected chi connectivity index (χ1v) is 7.83. The molecule has 2 aromatic carbocycles. The summed E-state index contributed by atoms with van der Waals surface area (Å²) in [6, 6.07) is 12.9. The zero-order chi connectivity index (χ0) is 13.8. The van der Waals surface area contributed by atoms with E-state index >= 15 is 0 Å². The Morgan fingerprint density at radius 3 is 2.26 bits per heavy atom. The summed E-state index contributed by atoms with van der Waals surface area (Å²) < 4.78 is 5.26. The highest BCUT2D eigenvalue weighted by molar-refractivity contribution is 9.09. The second kappa shape index (κ2) is 6.42. The van der Waals surface area contributed by atoms with Crippen LogP contribution >= 0.6 is 15.9 Å². The van der Waals surface area contributed by atoms with Crippen LogP contribution in [0.15, 0.2) is 36.4 Å². The maximum atomic E-state index is 5.26. The molecule has 0 N–H and O–H groups in total. The Morgan fingerprint density at radius 1 is 1.00 bits per heavy atom. The largest absolute Gasteiger partial charge is 0.497 e. The molecule has 2 rings (SSSR count). The van der Waals surface area contributed by atoms with Crippen molar-refractivity contribution in [3.8, 4) is 5.75 Å². The van der Waals surface area contributed by atoms with Crippen LogP contribution in [0.4, 0.5) is 0 Å². The Labute approximate surface area is 124 Å². The first-order valence-electron chi connectivity index (χ1n) is 6.91. The Bertz CT molecular complexity index is 546. The molecule has 0 spiro atoms. The average molecular weight is 321 g/mol. The highest BCUT2D eigenvalue weighted by atomic mass is 79.9. The van der Waals surface area contributed by atoms with Crippen molar-refractivity contribution in [2.24, 2.45) is 5.92 Å². The van der Waals surface area contributed by atoms with Crippen LogP contribution in [0.3, 0.4) is 0 Å². The standard InChI is InChI=1S/C17H21BrO/c1-4-12(5-2)17(18)15-7-6-14-11-16(19-3)9-8-13(14)10-15/h6-12,17H,4-5H2,1-3H3. The van der Waals surface area contributed by atoms with Gasteiger partial charge in [0.25, 0.3) is 0 Å². The van der Waals surface area contributed by atoms with Crippen LogP contribution in [0.25, 0.3) is 10.8 Å². The molecule has 2 heteroatoms. The third kappa shape index (κ3) is 3.11. The van der Waals surface area contributed by atoms with Crippen LogP contribution < -0.4 is 4.74 Å². The Morgan fingerprint density at radius 2 is 1.63 bits per heavy atom. The fraction of sp³-hybridized carbons (Fsp3) is 0.412. The number of hydrogen-bond donors (Lipinski definition) is 0. The van der Waals surface area contributed by atoms with Crippen molar-refractivity contribution >= 4 is 26.7 Å². The topological polar surface area (TPSA) is 9.23 Å². The summed E-state index contributed by atoms with van der Waals surface area (Å²) in [6.07, 6.45) is 2.40. The van der Waals surface area contributed by atoms with Crippen LogP contribution in [0.1, 0.15) is 37.1 Å². The summed E-state index contributed by atoms with van der Waals surface area (Å²) in [6.45, 7) is 4.52. The van der Waals surface area contributed by atoms with Gasteiger partial charge in [0.05, 0.1) is 7.11 Å². The van der Waals surface area contributed by atoms with Gasteiger partial charge >= 0.3 is 0 Å². The number of benzene rings is 2. The average Bonchev–Trinajstić information content (AvgIpc) is 2.47. The maximum Gasteiger partial charge on any atom is 0.119 e. The second-order valence-corrected chi connectivity index (χ2v) is 5.94. The van der Waals surface area contributed by atoms with Crippen LogP contribution in [0, 0.1) is 5.92 Å². The van der Waals surface area contributed by atoms with Crippen molar-refractivity contribution in [3.05, 3.63) is 42.0 Å². The number of halogens is 1. The summed E-state index contributed by atoms with van der Waals surface area (Å²) in [4.78, 5) is 0.439. The molecule has 1 atom stereocenters. The molecule has 0 heterocycles. The van der Waals surface area contributed by atoms with Gasteiger partial charge in [-0.1, -0.05) is 66.9 Å². The van der Waals surface area contributed by atoms with E-state index in [-0.39, 0.29) is 0 Å². The minimum Gasteiger partial charge on any atom is -0.497 e. The van der Waals surface area contributed by atoms with Crippen LogP contribution in [0.2, 0.25) is 0 Å². The number of hydrogen-bond acceptors (Lipinski definition) is 1. The third-order valence-electron chi connectivity index (χ3n) is 3.85. The Kier molecular flexibility index (Phi) is 4.87. The molecule has 0 bridgehead atoms. The molecular formula is C17H21BrO. The van der Waals surface area contributed by atoms with Crippen molar-refractivity contribution in [1.29, 1.82) is 0 Å². The van der Waals surface area contributed by atoms with Crippen molar-refractivity contribution in [3.63, 3.8) is 0 Å². The molecule has 0 amide bonds. The van der Waals surface area contributed by atoms with E-state index in [1.165, 1.54) is 29.2 Å². The van der Waals surface area contributed by atoms with Gasteiger partial charge in [-0.05, 0) is 34.4 Å². The number of fused-ring (bicyclic) bond motifs is 1. The van der Waals surface area contributed by atoms with E-state index < -0.39 is 0 Å². The summed E-state index contributed by atoms with van der Waals surface area (Å²) in [5, 5.41) is 2.50. The summed E-state index contributed by atoms with van der Waals surface area (Å²) in [5.74, 6) is 1.60. The van der Waals surface area contributed by atoms with Gasteiger partial charge < -0.3 is 4.74 Å². The molecule has 2 aromatic rings. The molecule has 0 aliphatic heterocycles. The lowest BCUT2D eigenvalue weighted by atomic mass is 9.93. The van der Waals surface area contributed by atoms with Gasteiger partial charge in [0.2, 0.25) is 0 Å². The van der Waals surface area contributed by atoms with Gasteiger partial charge in [-0.3, -0.25) is 0 Å². The molecule has 0 fully saturated rings. The number of methoxy groups -OCH3 is 1. The first kappa shape index (κ1) is 14.4. The smallest absolute Gasteiger partial charge is 0.119 e. The number of ether oxygens (including phenoxy) is 1. The van der Waals surface area contributed by atoms with Gasteiger partial charge in [0, 0.05) is 4.83 Å². The lowest BCUT2D eigenvalue weighted by Crippen LogP contribution is -2.05. The lowest BCUT2D eigenvalue weighted by Gasteiger charge is -2.20. The van der Waals surface area contributed by atoms with Gasteiger partial charge in [-0.2, -0.15) is 0 Å². The third-order valence-corrected chi connectivity index (χ3v) is 5.13. The predicted molar refractivity (Wildman–Crippen MR) is 86.2 cm³/mol. The van der Waals surface area contributed by atoms with E-state index in [0.29, 0.717) is 10.7 Å². The minimum absolute atomic E-state index is 0.439. The zero-order valence-corrected chi connectivity index (χ0v) is 13.4. The predicted octanol–water partition coefficient (Wildman–Crippen LogP) is 5.72. The molecule has 0 aliphatic rings. The monoisotopic (exact) mass is 320 g/mol. The summed E-state index contributed by atoms with van der Waals surface area (Å²) >= 11 is 3.86. The van der Waals surface area contributed by atoms with Gasteiger partial charge in [-0.15, -0.1) is 0 Å². The van der Waals surface area contributed by atoms with Gasteiger partial charge in [0.15, 0.2) is 0 Å². The molecule has 102 valence electrons. The Hall–Kier alpha value is -1.02. The minimum atomic E-state index is 0.439. The van der Waals surface area contributed by atoms with Crippen molar-refractivity contribution in [2.75, 3.05) is 7.11 Å².